The van der Waals surface area contributed by atoms with Crippen LogP contribution in [-0.2, 0) is 4.79 Å². The van der Waals surface area contributed by atoms with Gasteiger partial charge in [0.05, 0.1) is 31.3 Å². The number of amides is 1. The molecule has 5 nitrogen and oxygen atoms in total. The first-order valence-electron chi connectivity index (χ1n) is 20.3. The normalized spacial score (nSPS) is 14.1. The molecule has 0 fully saturated rings. The predicted molar refractivity (Wildman–Crippen MR) is 204 cm³/mol. The molecule has 1 amide bonds. The van der Waals surface area contributed by atoms with E-state index in [2.05, 4.69) is 43.5 Å². The number of aliphatic hydroxyl groups excluding tert-OH is 3. The lowest BCUT2D eigenvalue weighted by atomic mass is 10.0. The van der Waals surface area contributed by atoms with Crippen LogP contribution in [0, 0.1) is 0 Å². The fourth-order valence-electron chi connectivity index (χ4n) is 6.00. The number of hydrogen-bond donors (Lipinski definition) is 4. The van der Waals surface area contributed by atoms with Crippen molar-refractivity contribution in [3.63, 3.8) is 0 Å². The highest BCUT2D eigenvalue weighted by Gasteiger charge is 2.20. The Kier molecular flexibility index (Phi) is 36.3. The molecule has 3 unspecified atom stereocenters. The van der Waals surface area contributed by atoms with Crippen LogP contribution < -0.4 is 5.32 Å². The fraction of sp³-hybridized carbons (Fsp3) is 0.833. The molecule has 0 aromatic carbocycles. The fourth-order valence-corrected chi connectivity index (χ4v) is 6.00. The molecule has 0 saturated carbocycles. The van der Waals surface area contributed by atoms with Gasteiger partial charge in [-0.3, -0.25) is 4.79 Å². The highest BCUT2D eigenvalue weighted by molar-refractivity contribution is 5.76. The van der Waals surface area contributed by atoms with E-state index in [1.807, 2.05) is 6.08 Å². The maximum absolute atomic E-state index is 12.4. The van der Waals surface area contributed by atoms with E-state index in [0.717, 1.165) is 44.9 Å². The molecule has 276 valence electrons. The van der Waals surface area contributed by atoms with E-state index in [9.17, 15) is 20.1 Å². The summed E-state index contributed by atoms with van der Waals surface area (Å²) >= 11 is 0. The van der Waals surface area contributed by atoms with Gasteiger partial charge >= 0.3 is 0 Å². The molecule has 0 radical (unpaired) electrons. The average Bonchev–Trinajstić information content (AvgIpc) is 3.06. The molecule has 0 aromatic rings. The number of unbranched alkanes of at least 4 members (excludes halogenated alkanes) is 23. The summed E-state index contributed by atoms with van der Waals surface area (Å²) in [5.41, 5.74) is 0. The summed E-state index contributed by atoms with van der Waals surface area (Å²) in [6.07, 6.45) is 45.6. The second-order valence-corrected chi connectivity index (χ2v) is 13.9. The van der Waals surface area contributed by atoms with Crippen molar-refractivity contribution >= 4 is 5.91 Å². The Hall–Kier alpha value is -1.43. The van der Waals surface area contributed by atoms with Gasteiger partial charge in [-0.1, -0.05) is 172 Å². The van der Waals surface area contributed by atoms with Gasteiger partial charge in [-0.15, -0.1) is 0 Å². The second-order valence-electron chi connectivity index (χ2n) is 13.9. The monoisotopic (exact) mass is 662 g/mol. The summed E-state index contributed by atoms with van der Waals surface area (Å²) in [4.78, 5) is 12.4. The zero-order valence-electron chi connectivity index (χ0n) is 31.2. The van der Waals surface area contributed by atoms with Crippen LogP contribution in [0.25, 0.3) is 0 Å². The van der Waals surface area contributed by atoms with E-state index in [1.54, 1.807) is 6.08 Å². The molecule has 4 N–H and O–H groups in total. The molecule has 0 aliphatic heterocycles. The number of carbonyl (C=O) groups is 1. The highest BCUT2D eigenvalue weighted by atomic mass is 16.3. The number of carbonyl (C=O) groups excluding carboxylic acids is 1. The number of nitrogens with one attached hydrogen (secondary N) is 1. The van der Waals surface area contributed by atoms with Crippen LogP contribution in [-0.4, -0.2) is 46.1 Å². The molecule has 0 heterocycles. The predicted octanol–water partition coefficient (Wildman–Crippen LogP) is 11.2. The minimum Gasteiger partial charge on any atom is -0.394 e. The van der Waals surface area contributed by atoms with Crippen LogP contribution in [0.3, 0.4) is 0 Å². The molecular formula is C42H79NO4. The Balaban J connectivity index is 3.73. The van der Waals surface area contributed by atoms with Crippen LogP contribution in [0.4, 0.5) is 0 Å². The van der Waals surface area contributed by atoms with Crippen molar-refractivity contribution in [1.29, 1.82) is 0 Å². The molecule has 0 saturated heterocycles. The third-order valence-electron chi connectivity index (χ3n) is 9.15. The summed E-state index contributed by atoms with van der Waals surface area (Å²) in [7, 11) is 0. The van der Waals surface area contributed by atoms with Gasteiger partial charge in [0.25, 0.3) is 0 Å². The van der Waals surface area contributed by atoms with Gasteiger partial charge in [0.15, 0.2) is 0 Å². The molecule has 0 bridgehead atoms. The van der Waals surface area contributed by atoms with E-state index in [0.29, 0.717) is 6.42 Å². The quantitative estimate of drug-likeness (QED) is 0.0397. The molecule has 0 aromatic heterocycles. The van der Waals surface area contributed by atoms with E-state index < -0.39 is 18.2 Å². The van der Waals surface area contributed by atoms with Gasteiger partial charge in [-0.05, 0) is 57.8 Å². The lowest BCUT2D eigenvalue weighted by Crippen LogP contribution is -2.45. The molecule has 47 heavy (non-hydrogen) atoms. The Morgan fingerprint density at radius 3 is 1.36 bits per heavy atom. The van der Waals surface area contributed by atoms with Crippen LogP contribution in [0.2, 0.25) is 0 Å². The van der Waals surface area contributed by atoms with E-state index >= 15 is 0 Å². The summed E-state index contributed by atoms with van der Waals surface area (Å²) in [6, 6.07) is -0.761. The number of allylic oxidation sites excluding steroid dienone is 5. The molecule has 0 aliphatic carbocycles. The summed E-state index contributed by atoms with van der Waals surface area (Å²) in [5, 5.41) is 33.1. The van der Waals surface area contributed by atoms with Crippen molar-refractivity contribution in [3.05, 3.63) is 36.5 Å². The number of rotatable bonds is 36. The Bertz CT molecular complexity index is 734. The summed E-state index contributed by atoms with van der Waals surface area (Å²) in [5.74, 6) is -0.332. The van der Waals surface area contributed by atoms with Crippen molar-refractivity contribution in [1.82, 2.24) is 5.32 Å². The maximum atomic E-state index is 12.4. The molecule has 0 spiro atoms. The zero-order valence-corrected chi connectivity index (χ0v) is 31.2. The topological polar surface area (TPSA) is 89.8 Å². The minimum absolute atomic E-state index is 0.000308. The van der Waals surface area contributed by atoms with Gasteiger partial charge in [0, 0.05) is 0 Å². The maximum Gasteiger partial charge on any atom is 0.222 e. The largest absolute Gasteiger partial charge is 0.394 e. The van der Waals surface area contributed by atoms with Crippen molar-refractivity contribution in [3.8, 4) is 0 Å². The Labute approximate surface area is 292 Å². The third kappa shape index (κ3) is 34.2. The van der Waals surface area contributed by atoms with Crippen LogP contribution >= 0.6 is 0 Å². The summed E-state index contributed by atoms with van der Waals surface area (Å²) < 4.78 is 0. The lowest BCUT2D eigenvalue weighted by molar-refractivity contribution is -0.124. The van der Waals surface area contributed by atoms with Crippen LogP contribution in [0.5, 0.6) is 0 Å². The van der Waals surface area contributed by atoms with Crippen molar-refractivity contribution in [2.24, 2.45) is 0 Å². The molecule has 5 heteroatoms. The first-order valence-corrected chi connectivity index (χ1v) is 20.3. The SMILES string of the molecule is CCCCCCCCC/C=C/CC/C=C/C(O)C(CO)NC(=O)CC(O)CCCCCCC/C=C\CCCCCCCCCCCC. The number of aliphatic hydroxyl groups is 3. The highest BCUT2D eigenvalue weighted by Crippen LogP contribution is 2.14. The Morgan fingerprint density at radius 1 is 0.532 bits per heavy atom. The van der Waals surface area contributed by atoms with Crippen molar-refractivity contribution < 1.29 is 20.1 Å². The van der Waals surface area contributed by atoms with Gasteiger partial charge < -0.3 is 20.6 Å². The minimum atomic E-state index is -0.952. The van der Waals surface area contributed by atoms with Gasteiger partial charge in [0.1, 0.15) is 0 Å². The van der Waals surface area contributed by atoms with Crippen molar-refractivity contribution in [2.75, 3.05) is 6.61 Å². The Morgan fingerprint density at radius 2 is 0.915 bits per heavy atom. The first-order chi connectivity index (χ1) is 23.0. The standard InChI is InChI=1S/C42H79NO4/c1-3-5-7-9-11-13-15-17-18-19-20-21-22-24-25-27-29-31-33-35-39(45)37-42(47)43-40(38-44)41(46)36-34-32-30-28-26-23-16-14-12-10-8-6-4-2/h21-22,26,28,34,36,39-41,44-46H,3-20,23-25,27,29-33,35,37-38H2,1-2H3,(H,43,47)/b22-21-,28-26+,36-34+. The lowest BCUT2D eigenvalue weighted by Gasteiger charge is -2.20. The molecular weight excluding hydrogens is 582 g/mol. The van der Waals surface area contributed by atoms with E-state index in [-0.39, 0.29) is 18.9 Å². The second kappa shape index (κ2) is 37.4. The zero-order chi connectivity index (χ0) is 34.5. The van der Waals surface area contributed by atoms with Crippen molar-refractivity contribution in [2.45, 2.75) is 218 Å². The molecule has 0 aliphatic rings. The first kappa shape index (κ1) is 45.6. The smallest absolute Gasteiger partial charge is 0.222 e. The van der Waals surface area contributed by atoms with Gasteiger partial charge in [-0.2, -0.15) is 0 Å². The van der Waals surface area contributed by atoms with Gasteiger partial charge in [-0.25, -0.2) is 0 Å². The molecule has 3 atom stereocenters. The van der Waals surface area contributed by atoms with Gasteiger partial charge in [0.2, 0.25) is 5.91 Å². The van der Waals surface area contributed by atoms with Crippen LogP contribution in [0.1, 0.15) is 200 Å². The third-order valence-corrected chi connectivity index (χ3v) is 9.15. The average molecular weight is 662 g/mol. The molecule has 0 rings (SSSR count). The number of hydrogen-bond acceptors (Lipinski definition) is 4. The van der Waals surface area contributed by atoms with E-state index in [1.165, 1.54) is 128 Å². The van der Waals surface area contributed by atoms with Crippen LogP contribution in [0.15, 0.2) is 36.5 Å². The summed E-state index contributed by atoms with van der Waals surface area (Å²) in [6.45, 7) is 4.18. The van der Waals surface area contributed by atoms with E-state index in [4.69, 9.17) is 0 Å².